The standard InChI is InChI=1S/C60H66S/c1-13-14-33-61-59-46(36-53-49(55-38(2)21-15-22-39(55)3)29-19-30-50(53)56-40(4)23-16-24-41(56)5)34-48(60(10,11)12)35-47(59)37-54-51(57-42(6)25-17-26-43(57)7)31-20-32-52(54)58-44(8)27-18-28-45(58)9/h15-32,34-35H,13-14,33,36-37H2,1-12H3. The van der Waals surface area contributed by atoms with Crippen molar-refractivity contribution in [1.29, 1.82) is 0 Å². The summed E-state index contributed by atoms with van der Waals surface area (Å²) in [6.07, 6.45) is 4.06. The summed E-state index contributed by atoms with van der Waals surface area (Å²) in [7, 11) is 0. The summed E-state index contributed by atoms with van der Waals surface area (Å²) in [5.74, 6) is 1.09. The monoisotopic (exact) mass is 818 g/mol. The van der Waals surface area contributed by atoms with Crippen molar-refractivity contribution in [2.75, 3.05) is 5.75 Å². The SMILES string of the molecule is CCCCSc1c(Cc2c(-c3c(C)cccc3C)cccc2-c2c(C)cccc2C)cc(C(C)(C)C)cc1Cc1c(-c2c(C)cccc2C)cccc1-c1c(C)cccc1C. The summed E-state index contributed by atoms with van der Waals surface area (Å²) < 4.78 is 0. The number of hydrogen-bond acceptors (Lipinski definition) is 1. The lowest BCUT2D eigenvalue weighted by molar-refractivity contribution is 0.587. The van der Waals surface area contributed by atoms with E-state index in [1.807, 2.05) is 0 Å². The van der Waals surface area contributed by atoms with Crippen LogP contribution in [-0.4, -0.2) is 5.75 Å². The highest BCUT2D eigenvalue weighted by Gasteiger charge is 2.25. The molecule has 0 atom stereocenters. The van der Waals surface area contributed by atoms with Crippen LogP contribution in [0.5, 0.6) is 0 Å². The van der Waals surface area contributed by atoms with Gasteiger partial charge in [-0.2, -0.15) is 0 Å². The number of rotatable bonds is 12. The van der Waals surface area contributed by atoms with Crippen LogP contribution in [0.15, 0.2) is 126 Å². The minimum Gasteiger partial charge on any atom is -0.126 e. The quantitative estimate of drug-likeness (QED) is 0.0874. The first-order chi connectivity index (χ1) is 29.2. The fraction of sp³-hybridized carbons (Fsp3) is 0.300. The lowest BCUT2D eigenvalue weighted by atomic mass is 9.79. The minimum absolute atomic E-state index is 0.0424. The fourth-order valence-corrected chi connectivity index (χ4v) is 11.1. The number of hydrogen-bond donors (Lipinski definition) is 0. The molecule has 0 saturated heterocycles. The molecule has 1 heteroatoms. The van der Waals surface area contributed by atoms with Gasteiger partial charge in [0.05, 0.1) is 0 Å². The van der Waals surface area contributed by atoms with E-state index < -0.39 is 0 Å². The largest absolute Gasteiger partial charge is 0.126 e. The molecule has 0 unspecified atom stereocenters. The topological polar surface area (TPSA) is 0 Å². The number of unbranched alkanes of at least 4 members (excludes halogenated alkanes) is 1. The van der Waals surface area contributed by atoms with Crippen LogP contribution in [-0.2, 0) is 18.3 Å². The van der Waals surface area contributed by atoms with E-state index >= 15 is 0 Å². The third kappa shape index (κ3) is 9.10. The molecule has 0 spiro atoms. The molecule has 0 aliphatic heterocycles. The average Bonchev–Trinajstić information content (AvgIpc) is 3.20. The highest BCUT2D eigenvalue weighted by atomic mass is 32.2. The van der Waals surface area contributed by atoms with Crippen LogP contribution in [0.3, 0.4) is 0 Å². The maximum atomic E-state index is 2.58. The van der Waals surface area contributed by atoms with Crippen molar-refractivity contribution in [2.45, 2.75) is 119 Å². The third-order valence-electron chi connectivity index (χ3n) is 12.9. The summed E-state index contributed by atoms with van der Waals surface area (Å²) in [6, 6.07) is 46.3. The van der Waals surface area contributed by atoms with Crippen molar-refractivity contribution in [2.24, 2.45) is 0 Å². The number of aryl methyl sites for hydroxylation is 8. The van der Waals surface area contributed by atoms with Gasteiger partial charge in [0.25, 0.3) is 0 Å². The highest BCUT2D eigenvalue weighted by molar-refractivity contribution is 7.99. The van der Waals surface area contributed by atoms with Crippen LogP contribution in [0.4, 0.5) is 0 Å². The molecule has 0 amide bonds. The van der Waals surface area contributed by atoms with Crippen molar-refractivity contribution in [1.82, 2.24) is 0 Å². The van der Waals surface area contributed by atoms with Crippen LogP contribution < -0.4 is 0 Å². The van der Waals surface area contributed by atoms with Gasteiger partial charge >= 0.3 is 0 Å². The second-order valence-corrected chi connectivity index (χ2v) is 19.8. The molecule has 0 bridgehead atoms. The smallest absolute Gasteiger partial charge is 0.0143 e. The second-order valence-electron chi connectivity index (χ2n) is 18.7. The summed E-state index contributed by atoms with van der Waals surface area (Å²) in [5.41, 5.74) is 28.5. The van der Waals surface area contributed by atoms with E-state index in [1.165, 1.54) is 135 Å². The summed E-state index contributed by atoms with van der Waals surface area (Å²) in [5, 5.41) is 0. The lowest BCUT2D eigenvalue weighted by Crippen LogP contribution is -2.14. The first kappa shape index (κ1) is 44.0. The van der Waals surface area contributed by atoms with Gasteiger partial charge in [0.2, 0.25) is 0 Å². The molecule has 0 radical (unpaired) electrons. The predicted octanol–water partition coefficient (Wildman–Crippen LogP) is 17.2. The average molecular weight is 819 g/mol. The Morgan fingerprint density at radius 3 is 0.951 bits per heavy atom. The normalized spacial score (nSPS) is 11.7. The van der Waals surface area contributed by atoms with Gasteiger partial charge in [0.15, 0.2) is 0 Å². The lowest BCUT2D eigenvalue weighted by Gasteiger charge is -2.27. The molecular weight excluding hydrogens is 753 g/mol. The molecule has 0 saturated carbocycles. The Morgan fingerprint density at radius 2 is 0.689 bits per heavy atom. The molecule has 0 nitrogen and oxygen atoms in total. The zero-order chi connectivity index (χ0) is 43.6. The van der Waals surface area contributed by atoms with Crippen LogP contribution in [0, 0.1) is 55.4 Å². The molecule has 0 fully saturated rings. The van der Waals surface area contributed by atoms with Crippen LogP contribution in [0.2, 0.25) is 0 Å². The Kier molecular flexibility index (Phi) is 13.3. The Bertz CT molecular complexity index is 2320. The molecule has 312 valence electrons. The van der Waals surface area contributed by atoms with E-state index in [1.54, 1.807) is 0 Å². The number of thioether (sulfide) groups is 1. The number of benzene rings is 7. The molecule has 0 aliphatic carbocycles. The van der Waals surface area contributed by atoms with E-state index in [0.29, 0.717) is 0 Å². The zero-order valence-corrected chi connectivity index (χ0v) is 39.8. The van der Waals surface area contributed by atoms with Gasteiger partial charge in [-0.15, -0.1) is 11.8 Å². The Labute approximate surface area is 372 Å². The van der Waals surface area contributed by atoms with E-state index in [9.17, 15) is 0 Å². The molecule has 0 aromatic heterocycles. The maximum Gasteiger partial charge on any atom is 0.0143 e. The van der Waals surface area contributed by atoms with Gasteiger partial charge in [-0.05, 0) is 203 Å². The molecule has 0 heterocycles. The predicted molar refractivity (Wildman–Crippen MR) is 269 cm³/mol. The molecule has 7 aromatic carbocycles. The van der Waals surface area contributed by atoms with Gasteiger partial charge in [0.1, 0.15) is 0 Å². The van der Waals surface area contributed by atoms with Gasteiger partial charge in [-0.25, -0.2) is 0 Å². The summed E-state index contributed by atoms with van der Waals surface area (Å²) in [6.45, 7) is 27.7. The van der Waals surface area contributed by atoms with Gasteiger partial charge in [0, 0.05) is 4.90 Å². The molecule has 61 heavy (non-hydrogen) atoms. The fourth-order valence-electron chi connectivity index (χ4n) is 9.78. The molecule has 7 rings (SSSR count). The van der Waals surface area contributed by atoms with Crippen molar-refractivity contribution in [3.8, 4) is 44.5 Å². The van der Waals surface area contributed by atoms with E-state index in [-0.39, 0.29) is 5.41 Å². The first-order valence-electron chi connectivity index (χ1n) is 22.5. The third-order valence-corrected chi connectivity index (χ3v) is 14.2. The maximum absolute atomic E-state index is 2.58. The van der Waals surface area contributed by atoms with E-state index in [4.69, 9.17) is 0 Å². The zero-order valence-electron chi connectivity index (χ0n) is 39.0. The Balaban J connectivity index is 1.55. The highest BCUT2D eigenvalue weighted by Crippen LogP contribution is 2.45. The first-order valence-corrected chi connectivity index (χ1v) is 23.5. The van der Waals surface area contributed by atoms with Gasteiger partial charge in [-0.3, -0.25) is 0 Å². The second kappa shape index (κ2) is 18.5. The van der Waals surface area contributed by atoms with Crippen molar-refractivity contribution >= 4 is 11.8 Å². The summed E-state index contributed by atoms with van der Waals surface area (Å²) in [4.78, 5) is 1.45. The molecule has 7 aromatic rings. The minimum atomic E-state index is -0.0424. The summed E-state index contributed by atoms with van der Waals surface area (Å²) >= 11 is 2.09. The molecule has 0 aliphatic rings. The van der Waals surface area contributed by atoms with Crippen LogP contribution in [0.25, 0.3) is 44.5 Å². The Hall–Kier alpha value is -5.11. The van der Waals surface area contributed by atoms with E-state index in [2.05, 4.69) is 216 Å². The molecular formula is C60H66S. The van der Waals surface area contributed by atoms with Crippen molar-refractivity contribution in [3.05, 3.63) is 194 Å². The van der Waals surface area contributed by atoms with Gasteiger partial charge in [-0.1, -0.05) is 155 Å². The van der Waals surface area contributed by atoms with E-state index in [0.717, 1.165) is 18.6 Å². The van der Waals surface area contributed by atoms with Gasteiger partial charge < -0.3 is 0 Å². The van der Waals surface area contributed by atoms with Crippen molar-refractivity contribution < 1.29 is 0 Å². The molecule has 0 N–H and O–H groups in total. The van der Waals surface area contributed by atoms with Crippen LogP contribution in [0.1, 0.15) is 113 Å². The van der Waals surface area contributed by atoms with Crippen LogP contribution >= 0.6 is 11.8 Å². The van der Waals surface area contributed by atoms with Crippen molar-refractivity contribution in [3.63, 3.8) is 0 Å². The Morgan fingerprint density at radius 1 is 0.410 bits per heavy atom.